The molecule has 0 spiro atoms. The van der Waals surface area contributed by atoms with E-state index in [1.54, 1.807) is 0 Å². The number of benzene rings is 3. The third-order valence-corrected chi connectivity index (χ3v) is 20.4. The highest BCUT2D eigenvalue weighted by Gasteiger charge is 2.37. The van der Waals surface area contributed by atoms with E-state index in [9.17, 15) is 53.9 Å². The van der Waals surface area contributed by atoms with Crippen molar-refractivity contribution >= 4 is 17.9 Å². The van der Waals surface area contributed by atoms with Gasteiger partial charge in [0.05, 0.1) is 17.8 Å². The Bertz CT molecular complexity index is 2460. The van der Waals surface area contributed by atoms with E-state index in [1.807, 2.05) is 0 Å². The first-order valence-corrected chi connectivity index (χ1v) is 32.5. The molecule has 9 rings (SSSR count). The van der Waals surface area contributed by atoms with E-state index in [2.05, 4.69) is 20.8 Å². The summed E-state index contributed by atoms with van der Waals surface area (Å²) in [6.45, 7) is 6.75. The summed E-state index contributed by atoms with van der Waals surface area (Å²) >= 11 is 0. The van der Waals surface area contributed by atoms with Gasteiger partial charge in [0.2, 0.25) is 0 Å². The molecular weight excluding hydrogens is 1100 g/mol. The van der Waals surface area contributed by atoms with Crippen LogP contribution < -0.4 is 14.2 Å². The normalized spacial score (nSPS) is 28.1. The summed E-state index contributed by atoms with van der Waals surface area (Å²) in [5.74, 6) is -8.61. The van der Waals surface area contributed by atoms with Crippen LogP contribution in [0.5, 0.6) is 17.2 Å². The SMILES string of the molecule is CCCC1CCC(C2CCC(C(=O)Oc3cc(F)c(F)c(F)c3)CC2)CC1.CCCCC1CCC(C2CCC(C(=O)Oc3cc(F)c(F)c(F)c3)CC2)CC1.CCCCCC1CCC(C2CCC(C(=O)Oc3cc(F)c(F)c(F)c3)CC2)CC1. The smallest absolute Gasteiger partial charge is 0.314 e. The van der Waals surface area contributed by atoms with Crippen LogP contribution in [0.2, 0.25) is 0 Å². The second kappa shape index (κ2) is 33.5. The van der Waals surface area contributed by atoms with E-state index >= 15 is 0 Å². The minimum atomic E-state index is -1.55. The fourth-order valence-electron chi connectivity index (χ4n) is 15.3. The third-order valence-electron chi connectivity index (χ3n) is 20.4. The summed E-state index contributed by atoms with van der Waals surface area (Å²) < 4.78 is 134. The molecule has 0 aromatic heterocycles. The molecule has 3 aromatic rings. The topological polar surface area (TPSA) is 78.9 Å². The van der Waals surface area contributed by atoms with Gasteiger partial charge >= 0.3 is 17.9 Å². The fraction of sp³-hybridized carbons (Fsp3) is 0.696. The minimum Gasteiger partial charge on any atom is -0.426 e. The molecule has 0 atom stereocenters. The Labute approximate surface area is 493 Å². The van der Waals surface area contributed by atoms with Crippen LogP contribution in [0.15, 0.2) is 36.4 Å². The minimum absolute atomic E-state index is 0.242. The molecule has 0 unspecified atom stereocenters. The number of halogens is 9. The van der Waals surface area contributed by atoms with Crippen molar-refractivity contribution in [3.63, 3.8) is 0 Å². The van der Waals surface area contributed by atoms with Crippen LogP contribution in [0.4, 0.5) is 39.5 Å². The zero-order valence-corrected chi connectivity index (χ0v) is 50.1. The van der Waals surface area contributed by atoms with Crippen LogP contribution in [0.25, 0.3) is 0 Å². The maximum Gasteiger partial charge on any atom is 0.314 e. The maximum absolute atomic E-state index is 13.3. The van der Waals surface area contributed by atoms with Gasteiger partial charge in [-0.2, -0.15) is 0 Å². The standard InChI is InChI=1S/C24H33F3O2.C23H31F3O2.C22H29F3O2/c1-2-3-4-5-16-6-8-17(9-7-16)18-10-12-19(13-11-18)24(28)29-20-14-21(25)23(27)22(26)15-20;1-2-3-4-15-5-7-16(8-6-15)17-9-11-18(12-10-17)23(27)28-19-13-20(24)22(26)21(25)14-19;1-2-3-14-4-6-15(7-5-14)16-8-10-17(11-9-16)22(26)27-18-12-19(23)21(25)20(24)13-18/h14-19H,2-13H2,1H3;13-18H,2-12H2,1H3;12-17H,2-11H2,1H3. The first-order chi connectivity index (χ1) is 40.4. The Kier molecular flexibility index (Phi) is 26.7. The van der Waals surface area contributed by atoms with Crippen molar-refractivity contribution in [1.29, 1.82) is 0 Å². The van der Waals surface area contributed by atoms with Gasteiger partial charge in [-0.25, -0.2) is 39.5 Å². The van der Waals surface area contributed by atoms with Crippen molar-refractivity contribution in [3.05, 3.63) is 88.8 Å². The van der Waals surface area contributed by atoms with Crippen molar-refractivity contribution in [1.82, 2.24) is 0 Å². The molecule has 0 saturated heterocycles. The molecule has 15 heteroatoms. The van der Waals surface area contributed by atoms with Gasteiger partial charge in [-0.1, -0.05) is 117 Å². The van der Waals surface area contributed by atoms with Crippen molar-refractivity contribution in [2.45, 2.75) is 233 Å². The van der Waals surface area contributed by atoms with Gasteiger partial charge < -0.3 is 14.2 Å². The average molecular weight is 1190 g/mol. The van der Waals surface area contributed by atoms with Gasteiger partial charge in [-0.3, -0.25) is 14.4 Å². The highest BCUT2D eigenvalue weighted by molar-refractivity contribution is 5.76. The number of ether oxygens (including phenoxy) is 3. The zero-order chi connectivity index (χ0) is 60.3. The molecule has 6 nitrogen and oxygen atoms in total. The number of hydrogen-bond acceptors (Lipinski definition) is 6. The predicted molar refractivity (Wildman–Crippen MR) is 307 cm³/mol. The summed E-state index contributed by atoms with van der Waals surface area (Å²) in [5.41, 5.74) is 0. The third kappa shape index (κ3) is 19.7. The van der Waals surface area contributed by atoms with Crippen LogP contribution in [-0.4, -0.2) is 17.9 Å². The first kappa shape index (κ1) is 67.0. The van der Waals surface area contributed by atoms with E-state index in [0.717, 1.165) is 149 Å². The summed E-state index contributed by atoms with van der Waals surface area (Å²) in [6.07, 6.45) is 38.4. The number of carbonyl (C=O) groups excluding carboxylic acids is 3. The average Bonchev–Trinajstić information content (AvgIpc) is 3.54. The lowest BCUT2D eigenvalue weighted by Gasteiger charge is -2.37. The quantitative estimate of drug-likeness (QED) is 0.0415. The number of hydrogen-bond donors (Lipinski definition) is 0. The lowest BCUT2D eigenvalue weighted by atomic mass is 9.68. The fourth-order valence-corrected chi connectivity index (χ4v) is 15.3. The van der Waals surface area contributed by atoms with Gasteiger partial charge in [0, 0.05) is 36.4 Å². The second-order valence-corrected chi connectivity index (χ2v) is 26.0. The van der Waals surface area contributed by atoms with Gasteiger partial charge in [-0.05, 0) is 169 Å². The van der Waals surface area contributed by atoms with Crippen LogP contribution in [0, 0.1) is 123 Å². The summed E-state index contributed by atoms with van der Waals surface area (Å²) in [7, 11) is 0. The second-order valence-electron chi connectivity index (χ2n) is 26.0. The van der Waals surface area contributed by atoms with Gasteiger partial charge in [-0.15, -0.1) is 0 Å². The molecule has 0 radical (unpaired) electrons. The summed E-state index contributed by atoms with van der Waals surface area (Å²) in [6, 6.07) is 4.33. The van der Waals surface area contributed by atoms with Crippen molar-refractivity contribution in [2.75, 3.05) is 0 Å². The molecule has 468 valence electrons. The molecule has 0 heterocycles. The van der Waals surface area contributed by atoms with Gasteiger partial charge in [0.15, 0.2) is 52.4 Å². The largest absolute Gasteiger partial charge is 0.426 e. The monoisotopic (exact) mass is 1190 g/mol. The highest BCUT2D eigenvalue weighted by Crippen LogP contribution is 2.46. The summed E-state index contributed by atoms with van der Waals surface area (Å²) in [5, 5.41) is 0. The van der Waals surface area contributed by atoms with Crippen LogP contribution in [0.1, 0.15) is 233 Å². The van der Waals surface area contributed by atoms with E-state index < -0.39 is 70.3 Å². The first-order valence-electron chi connectivity index (χ1n) is 32.5. The van der Waals surface area contributed by atoms with E-state index in [0.29, 0.717) is 17.8 Å². The molecule has 0 aliphatic heterocycles. The van der Waals surface area contributed by atoms with Crippen LogP contribution >= 0.6 is 0 Å². The molecular formula is C69H93F9O6. The Morgan fingerprint density at radius 2 is 0.536 bits per heavy atom. The Hall–Kier alpha value is -4.56. The molecule has 0 N–H and O–H groups in total. The number of esters is 3. The molecule has 0 amide bonds. The molecule has 0 bridgehead atoms. The molecule has 84 heavy (non-hydrogen) atoms. The molecule has 6 aliphatic carbocycles. The number of carbonyl (C=O) groups is 3. The van der Waals surface area contributed by atoms with Crippen molar-refractivity contribution in [3.8, 4) is 17.2 Å². The van der Waals surface area contributed by atoms with Crippen molar-refractivity contribution in [2.24, 2.45) is 71.0 Å². The molecule has 6 fully saturated rings. The Balaban J connectivity index is 0.000000181. The van der Waals surface area contributed by atoms with Crippen LogP contribution in [0.3, 0.4) is 0 Å². The van der Waals surface area contributed by atoms with Gasteiger partial charge in [0.1, 0.15) is 17.2 Å². The van der Waals surface area contributed by atoms with Crippen LogP contribution in [-0.2, 0) is 14.4 Å². The lowest BCUT2D eigenvalue weighted by molar-refractivity contribution is -0.141. The molecule has 6 aliphatic rings. The van der Waals surface area contributed by atoms with Crippen molar-refractivity contribution < 1.29 is 68.1 Å². The summed E-state index contributed by atoms with van der Waals surface area (Å²) in [4.78, 5) is 37.0. The molecule has 6 saturated carbocycles. The predicted octanol–water partition coefficient (Wildman–Crippen LogP) is 20.4. The number of rotatable bonds is 18. The maximum atomic E-state index is 13.3. The number of unbranched alkanes of at least 4 members (excludes halogenated alkanes) is 3. The van der Waals surface area contributed by atoms with E-state index in [1.165, 1.54) is 135 Å². The lowest BCUT2D eigenvalue weighted by Crippen LogP contribution is -2.30. The Morgan fingerprint density at radius 3 is 0.774 bits per heavy atom. The van der Waals surface area contributed by atoms with E-state index in [-0.39, 0.29) is 35.0 Å². The molecule has 3 aromatic carbocycles. The Morgan fingerprint density at radius 1 is 0.310 bits per heavy atom. The van der Waals surface area contributed by atoms with E-state index in [4.69, 9.17) is 14.2 Å². The zero-order valence-electron chi connectivity index (χ0n) is 50.1. The van der Waals surface area contributed by atoms with Gasteiger partial charge in [0.25, 0.3) is 0 Å². The highest BCUT2D eigenvalue weighted by atomic mass is 19.2.